The van der Waals surface area contributed by atoms with Crippen molar-refractivity contribution in [1.29, 1.82) is 0 Å². The second-order valence-electron chi connectivity index (χ2n) is 9.22. The molecule has 3 aliphatic rings. The van der Waals surface area contributed by atoms with Crippen molar-refractivity contribution in [2.24, 2.45) is 0 Å². The van der Waals surface area contributed by atoms with E-state index in [-0.39, 0.29) is 24.1 Å². The molecule has 0 bridgehead atoms. The Bertz CT molecular complexity index is 1010. The summed E-state index contributed by atoms with van der Waals surface area (Å²) in [5, 5.41) is 7.78. The van der Waals surface area contributed by atoms with E-state index in [9.17, 15) is 9.59 Å². The molecular weight excluding hydrogens is 406 g/mol. The van der Waals surface area contributed by atoms with Gasteiger partial charge in [0.1, 0.15) is 6.10 Å². The highest BCUT2D eigenvalue weighted by Crippen LogP contribution is 2.39. The van der Waals surface area contributed by atoms with Gasteiger partial charge in [0.2, 0.25) is 5.91 Å². The number of amides is 2. The van der Waals surface area contributed by atoms with Gasteiger partial charge in [0.25, 0.3) is 0 Å². The van der Waals surface area contributed by atoms with E-state index < -0.39 is 0 Å². The SMILES string of the molecule is CC(=O)N1c2ccc(-c3cnn(C4CNC4)c3)cc2N(C(=O)OC2CCCCC2)C[C@@H]1C. The van der Waals surface area contributed by atoms with Crippen LogP contribution in [0.3, 0.4) is 0 Å². The zero-order valence-corrected chi connectivity index (χ0v) is 18.8. The summed E-state index contributed by atoms with van der Waals surface area (Å²) in [5.74, 6) is -0.0305. The summed E-state index contributed by atoms with van der Waals surface area (Å²) in [6, 6.07) is 6.18. The summed E-state index contributed by atoms with van der Waals surface area (Å²) in [6.07, 6.45) is 8.85. The summed E-state index contributed by atoms with van der Waals surface area (Å²) in [4.78, 5) is 29.1. The zero-order valence-electron chi connectivity index (χ0n) is 18.8. The van der Waals surface area contributed by atoms with Gasteiger partial charge in [-0.3, -0.25) is 14.4 Å². The number of aromatic nitrogens is 2. The van der Waals surface area contributed by atoms with Crippen molar-refractivity contribution >= 4 is 23.4 Å². The van der Waals surface area contributed by atoms with Crippen molar-refractivity contribution in [3.63, 3.8) is 0 Å². The Labute approximate surface area is 188 Å². The monoisotopic (exact) mass is 437 g/mol. The molecule has 1 saturated carbocycles. The number of ether oxygens (including phenoxy) is 1. The average Bonchev–Trinajstić information content (AvgIpc) is 3.21. The molecule has 2 fully saturated rings. The van der Waals surface area contributed by atoms with Crippen LogP contribution >= 0.6 is 0 Å². The highest BCUT2D eigenvalue weighted by Gasteiger charge is 2.35. The van der Waals surface area contributed by atoms with Crippen molar-refractivity contribution in [3.8, 4) is 11.1 Å². The molecule has 5 rings (SSSR count). The van der Waals surface area contributed by atoms with Crippen LogP contribution in [0.4, 0.5) is 16.2 Å². The van der Waals surface area contributed by atoms with Gasteiger partial charge in [-0.25, -0.2) is 4.79 Å². The number of carbonyl (C=O) groups excluding carboxylic acids is 2. The number of carbonyl (C=O) groups is 2. The summed E-state index contributed by atoms with van der Waals surface area (Å²) >= 11 is 0. The minimum Gasteiger partial charge on any atom is -0.446 e. The lowest BCUT2D eigenvalue weighted by atomic mass is 9.98. The van der Waals surface area contributed by atoms with Crippen LogP contribution in [0.15, 0.2) is 30.6 Å². The Morgan fingerprint density at radius 2 is 1.88 bits per heavy atom. The second-order valence-corrected chi connectivity index (χ2v) is 9.22. The van der Waals surface area contributed by atoms with Crippen LogP contribution in [0.2, 0.25) is 0 Å². The van der Waals surface area contributed by atoms with Crippen LogP contribution < -0.4 is 15.1 Å². The lowest BCUT2D eigenvalue weighted by Crippen LogP contribution is -2.52. The zero-order chi connectivity index (χ0) is 22.2. The van der Waals surface area contributed by atoms with Gasteiger partial charge in [0, 0.05) is 38.3 Å². The molecule has 32 heavy (non-hydrogen) atoms. The van der Waals surface area contributed by atoms with Gasteiger partial charge in [0.05, 0.1) is 29.7 Å². The first-order chi connectivity index (χ1) is 15.5. The molecule has 1 atom stereocenters. The van der Waals surface area contributed by atoms with E-state index in [4.69, 9.17) is 4.74 Å². The molecule has 8 heteroatoms. The van der Waals surface area contributed by atoms with E-state index in [0.717, 1.165) is 61.3 Å². The van der Waals surface area contributed by atoms with Crippen molar-refractivity contribution in [1.82, 2.24) is 15.1 Å². The van der Waals surface area contributed by atoms with E-state index in [0.29, 0.717) is 12.6 Å². The molecule has 1 saturated heterocycles. The van der Waals surface area contributed by atoms with E-state index >= 15 is 0 Å². The van der Waals surface area contributed by atoms with Crippen LogP contribution in [0, 0.1) is 0 Å². The van der Waals surface area contributed by atoms with Crippen LogP contribution in [0.1, 0.15) is 52.0 Å². The van der Waals surface area contributed by atoms with Crippen molar-refractivity contribution in [2.75, 3.05) is 29.4 Å². The lowest BCUT2D eigenvalue weighted by Gasteiger charge is -2.41. The van der Waals surface area contributed by atoms with E-state index in [2.05, 4.69) is 10.4 Å². The van der Waals surface area contributed by atoms with Crippen LogP contribution in [-0.2, 0) is 9.53 Å². The Kier molecular flexibility index (Phi) is 5.63. The summed E-state index contributed by atoms with van der Waals surface area (Å²) < 4.78 is 7.89. The van der Waals surface area contributed by atoms with Gasteiger partial charge < -0.3 is 15.0 Å². The minimum absolute atomic E-state index is 0.0154. The van der Waals surface area contributed by atoms with Gasteiger partial charge in [0.15, 0.2) is 0 Å². The predicted octanol–water partition coefficient (Wildman–Crippen LogP) is 3.73. The summed E-state index contributed by atoms with van der Waals surface area (Å²) in [5.41, 5.74) is 3.43. The smallest absolute Gasteiger partial charge is 0.414 e. The third-order valence-corrected chi connectivity index (χ3v) is 6.86. The molecule has 0 radical (unpaired) electrons. The second kappa shape index (κ2) is 8.58. The minimum atomic E-state index is -0.318. The molecule has 1 aromatic carbocycles. The number of rotatable bonds is 3. The van der Waals surface area contributed by atoms with E-state index in [1.54, 1.807) is 16.7 Å². The fraction of sp³-hybridized carbons (Fsp3) is 0.542. The van der Waals surface area contributed by atoms with E-state index in [1.807, 2.05) is 42.2 Å². The van der Waals surface area contributed by atoms with Crippen LogP contribution in [-0.4, -0.2) is 53.6 Å². The predicted molar refractivity (Wildman–Crippen MR) is 123 cm³/mol. The van der Waals surface area contributed by atoms with Crippen molar-refractivity contribution in [3.05, 3.63) is 30.6 Å². The number of hydrogen-bond acceptors (Lipinski definition) is 5. The number of hydrogen-bond donors (Lipinski definition) is 1. The lowest BCUT2D eigenvalue weighted by molar-refractivity contribution is -0.117. The van der Waals surface area contributed by atoms with Gasteiger partial charge in [-0.1, -0.05) is 12.5 Å². The largest absolute Gasteiger partial charge is 0.446 e. The topological polar surface area (TPSA) is 79.7 Å². The molecule has 8 nitrogen and oxygen atoms in total. The molecule has 0 unspecified atom stereocenters. The number of nitrogens with zero attached hydrogens (tertiary/aromatic N) is 4. The fourth-order valence-corrected chi connectivity index (χ4v) is 4.99. The molecule has 2 amide bonds. The third-order valence-electron chi connectivity index (χ3n) is 6.86. The van der Waals surface area contributed by atoms with Gasteiger partial charge in [-0.15, -0.1) is 0 Å². The maximum absolute atomic E-state index is 13.2. The van der Waals surface area contributed by atoms with Gasteiger partial charge in [-0.05, 0) is 50.3 Å². The fourth-order valence-electron chi connectivity index (χ4n) is 4.99. The molecule has 1 N–H and O–H groups in total. The molecule has 1 aliphatic carbocycles. The summed E-state index contributed by atoms with van der Waals surface area (Å²) in [7, 11) is 0. The van der Waals surface area contributed by atoms with E-state index in [1.165, 1.54) is 6.42 Å². The van der Waals surface area contributed by atoms with Crippen LogP contribution in [0.25, 0.3) is 11.1 Å². The molecule has 170 valence electrons. The molecule has 1 aromatic heterocycles. The van der Waals surface area contributed by atoms with Gasteiger partial charge in [-0.2, -0.15) is 5.10 Å². The molecule has 2 aromatic rings. The maximum atomic E-state index is 13.2. The maximum Gasteiger partial charge on any atom is 0.414 e. The highest BCUT2D eigenvalue weighted by molar-refractivity contribution is 6.03. The first-order valence-corrected chi connectivity index (χ1v) is 11.7. The standard InChI is InChI=1S/C24H31N5O3/c1-16-14-27(24(31)32-21-6-4-3-5-7-21)23-10-18(8-9-22(23)29(16)17(2)30)19-11-26-28(15-19)20-12-25-13-20/h8-11,15-16,20-21,25H,3-7,12-14H2,1-2H3/t16-/m0/s1. The molecular formula is C24H31N5O3. The molecule has 3 heterocycles. The first-order valence-electron chi connectivity index (χ1n) is 11.7. The number of fused-ring (bicyclic) bond motifs is 1. The molecule has 0 spiro atoms. The Balaban J connectivity index is 1.47. The molecule has 2 aliphatic heterocycles. The quantitative estimate of drug-likeness (QED) is 0.792. The Morgan fingerprint density at radius 1 is 1.09 bits per heavy atom. The number of benzene rings is 1. The van der Waals surface area contributed by atoms with Crippen molar-refractivity contribution < 1.29 is 14.3 Å². The Hall–Kier alpha value is -2.87. The third kappa shape index (κ3) is 3.88. The average molecular weight is 438 g/mol. The number of nitrogens with one attached hydrogen (secondary N) is 1. The summed E-state index contributed by atoms with van der Waals surface area (Å²) in [6.45, 7) is 5.81. The normalized spacial score (nSPS) is 21.8. The van der Waals surface area contributed by atoms with Crippen LogP contribution in [0.5, 0.6) is 0 Å². The Morgan fingerprint density at radius 3 is 2.56 bits per heavy atom. The van der Waals surface area contributed by atoms with Gasteiger partial charge >= 0.3 is 6.09 Å². The number of anilines is 2. The van der Waals surface area contributed by atoms with Crippen molar-refractivity contribution in [2.45, 2.75) is 64.1 Å². The highest BCUT2D eigenvalue weighted by atomic mass is 16.6. The first kappa shape index (κ1) is 21.0.